The van der Waals surface area contributed by atoms with Crippen LogP contribution in [0.4, 0.5) is 14.7 Å². The van der Waals surface area contributed by atoms with E-state index in [0.29, 0.717) is 16.9 Å². The van der Waals surface area contributed by atoms with Crippen molar-refractivity contribution in [1.82, 2.24) is 19.6 Å². The van der Waals surface area contributed by atoms with E-state index in [1.165, 1.54) is 53.3 Å². The van der Waals surface area contributed by atoms with Gasteiger partial charge in [-0.05, 0) is 35.9 Å². The minimum Gasteiger partial charge on any atom is -0.435 e. The number of nitrogens with one attached hydrogen (secondary N) is 1. The first-order valence-corrected chi connectivity index (χ1v) is 9.07. The standard InChI is InChI=1S/C21H16F2N6O2/c1-12(26-21-27-18-11-14(22)6-8-29(18)28-21)9-13-4-5-17(16(23)10-13)31-20-15(19(24)30)3-2-7-25-20/h2-8,10-11H,1,9H2,(H2,24,30)(H,26,28). The van der Waals surface area contributed by atoms with Crippen LogP contribution in [-0.4, -0.2) is 25.5 Å². The van der Waals surface area contributed by atoms with Crippen LogP contribution >= 0.6 is 0 Å². The zero-order valence-corrected chi connectivity index (χ0v) is 16.0. The summed E-state index contributed by atoms with van der Waals surface area (Å²) in [6, 6.07) is 9.83. The van der Waals surface area contributed by atoms with Gasteiger partial charge in [-0.2, -0.15) is 4.98 Å². The molecule has 10 heteroatoms. The van der Waals surface area contributed by atoms with Gasteiger partial charge in [0.25, 0.3) is 5.91 Å². The fourth-order valence-electron chi connectivity index (χ4n) is 2.86. The number of primary amides is 1. The van der Waals surface area contributed by atoms with Crippen LogP contribution in [0.1, 0.15) is 15.9 Å². The minimum absolute atomic E-state index is 0.0448. The van der Waals surface area contributed by atoms with Crippen molar-refractivity contribution in [1.29, 1.82) is 0 Å². The summed E-state index contributed by atoms with van der Waals surface area (Å²) in [5.74, 6) is -1.74. The molecule has 4 rings (SSSR count). The average Bonchev–Trinajstić information content (AvgIpc) is 3.11. The van der Waals surface area contributed by atoms with Gasteiger partial charge in [-0.3, -0.25) is 4.79 Å². The summed E-state index contributed by atoms with van der Waals surface area (Å²) in [6.45, 7) is 3.89. The van der Waals surface area contributed by atoms with Crippen LogP contribution in [-0.2, 0) is 6.42 Å². The molecule has 31 heavy (non-hydrogen) atoms. The number of pyridine rings is 2. The summed E-state index contributed by atoms with van der Waals surface area (Å²) >= 11 is 0. The Morgan fingerprint density at radius 1 is 1.23 bits per heavy atom. The first-order chi connectivity index (χ1) is 14.9. The zero-order chi connectivity index (χ0) is 22.0. The molecule has 1 amide bonds. The highest BCUT2D eigenvalue weighted by Gasteiger charge is 2.14. The summed E-state index contributed by atoms with van der Waals surface area (Å²) in [5.41, 5.74) is 6.78. The lowest BCUT2D eigenvalue weighted by Gasteiger charge is -2.10. The molecule has 0 aliphatic carbocycles. The lowest BCUT2D eigenvalue weighted by molar-refractivity contribution is 0.0997. The summed E-state index contributed by atoms with van der Waals surface area (Å²) in [4.78, 5) is 19.5. The number of anilines is 1. The number of nitrogens with zero attached hydrogens (tertiary/aromatic N) is 4. The number of benzene rings is 1. The van der Waals surface area contributed by atoms with Crippen LogP contribution in [0.15, 0.2) is 67.1 Å². The number of rotatable bonds is 7. The van der Waals surface area contributed by atoms with Gasteiger partial charge < -0.3 is 15.8 Å². The van der Waals surface area contributed by atoms with Crippen molar-refractivity contribution in [3.8, 4) is 11.6 Å². The number of aromatic nitrogens is 4. The predicted octanol–water partition coefficient (Wildman–Crippen LogP) is 3.46. The van der Waals surface area contributed by atoms with Gasteiger partial charge in [-0.1, -0.05) is 12.6 Å². The minimum atomic E-state index is -0.731. The Hall–Kier alpha value is -4.34. The Kier molecular flexibility index (Phi) is 5.27. The molecule has 4 aromatic rings. The predicted molar refractivity (Wildman–Crippen MR) is 109 cm³/mol. The molecule has 0 bridgehead atoms. The molecule has 0 atom stereocenters. The van der Waals surface area contributed by atoms with Gasteiger partial charge in [0.05, 0.1) is 0 Å². The summed E-state index contributed by atoms with van der Waals surface area (Å²) in [5, 5.41) is 7.08. The van der Waals surface area contributed by atoms with Crippen LogP contribution in [0.3, 0.4) is 0 Å². The Labute approximate surface area is 175 Å². The number of hydrogen-bond donors (Lipinski definition) is 2. The van der Waals surface area contributed by atoms with Crippen LogP contribution in [0.2, 0.25) is 0 Å². The Bertz CT molecular complexity index is 1300. The van der Waals surface area contributed by atoms with Crippen molar-refractivity contribution >= 4 is 17.5 Å². The molecule has 3 N–H and O–H groups in total. The number of amides is 1. The summed E-state index contributed by atoms with van der Waals surface area (Å²) in [7, 11) is 0. The molecule has 156 valence electrons. The highest BCUT2D eigenvalue weighted by atomic mass is 19.1. The molecule has 0 aliphatic heterocycles. The van der Waals surface area contributed by atoms with Crippen molar-refractivity contribution in [2.45, 2.75) is 6.42 Å². The van der Waals surface area contributed by atoms with E-state index in [1.807, 2.05) is 0 Å². The zero-order valence-electron chi connectivity index (χ0n) is 16.0. The molecule has 0 fully saturated rings. The van der Waals surface area contributed by atoms with Crippen molar-refractivity contribution < 1.29 is 18.3 Å². The quantitative estimate of drug-likeness (QED) is 0.472. The second-order valence-electron chi connectivity index (χ2n) is 6.58. The first-order valence-electron chi connectivity index (χ1n) is 9.07. The van der Waals surface area contributed by atoms with E-state index in [9.17, 15) is 13.6 Å². The third-order valence-corrected chi connectivity index (χ3v) is 4.25. The molecule has 0 saturated heterocycles. The van der Waals surface area contributed by atoms with E-state index in [0.717, 1.165) is 0 Å². The van der Waals surface area contributed by atoms with Crippen molar-refractivity contribution in [3.05, 3.63) is 89.9 Å². The number of ether oxygens (including phenoxy) is 1. The molecule has 1 aromatic carbocycles. The van der Waals surface area contributed by atoms with Crippen molar-refractivity contribution in [3.63, 3.8) is 0 Å². The topological polar surface area (TPSA) is 107 Å². The molecular weight excluding hydrogens is 406 g/mol. The maximum Gasteiger partial charge on any atom is 0.254 e. The lowest BCUT2D eigenvalue weighted by atomic mass is 10.1. The fourth-order valence-corrected chi connectivity index (χ4v) is 2.86. The van der Waals surface area contributed by atoms with Gasteiger partial charge in [0.15, 0.2) is 17.2 Å². The number of allylic oxidation sites excluding steroid dienone is 1. The normalized spacial score (nSPS) is 10.8. The maximum absolute atomic E-state index is 14.5. The number of halogens is 2. The smallest absolute Gasteiger partial charge is 0.254 e. The molecule has 3 heterocycles. The number of carbonyl (C=O) groups excluding carboxylic acids is 1. The van der Waals surface area contributed by atoms with E-state index in [4.69, 9.17) is 10.5 Å². The van der Waals surface area contributed by atoms with Gasteiger partial charge >= 0.3 is 0 Å². The third-order valence-electron chi connectivity index (χ3n) is 4.25. The summed E-state index contributed by atoms with van der Waals surface area (Å²) < 4.78 is 34.7. The van der Waals surface area contributed by atoms with Crippen LogP contribution < -0.4 is 15.8 Å². The molecule has 0 unspecified atom stereocenters. The number of nitrogens with two attached hydrogens (primary N) is 1. The lowest BCUT2D eigenvalue weighted by Crippen LogP contribution is -2.13. The SMILES string of the molecule is C=C(Cc1ccc(Oc2ncccc2C(N)=O)c(F)c1)Nc1nc2cc(F)ccn2n1. The Morgan fingerprint density at radius 2 is 2.06 bits per heavy atom. The van der Waals surface area contributed by atoms with Crippen LogP contribution in [0.25, 0.3) is 5.65 Å². The van der Waals surface area contributed by atoms with Gasteiger partial charge in [0.1, 0.15) is 11.4 Å². The second-order valence-corrected chi connectivity index (χ2v) is 6.58. The van der Waals surface area contributed by atoms with E-state index in [-0.39, 0.29) is 29.6 Å². The Balaban J connectivity index is 1.45. The maximum atomic E-state index is 14.5. The molecular formula is C21H16F2N6O2. The molecule has 0 aliphatic rings. The molecule has 0 radical (unpaired) electrons. The highest BCUT2D eigenvalue weighted by molar-refractivity contribution is 5.95. The monoisotopic (exact) mass is 422 g/mol. The molecule has 0 spiro atoms. The van der Waals surface area contributed by atoms with Crippen molar-refractivity contribution in [2.24, 2.45) is 5.73 Å². The van der Waals surface area contributed by atoms with Gasteiger partial charge in [0.2, 0.25) is 11.8 Å². The third kappa shape index (κ3) is 4.47. The fraction of sp³-hybridized carbons (Fsp3) is 0.0476. The van der Waals surface area contributed by atoms with Gasteiger partial charge in [-0.25, -0.2) is 18.3 Å². The number of fused-ring (bicyclic) bond motifs is 1. The van der Waals surface area contributed by atoms with Crippen molar-refractivity contribution in [2.75, 3.05) is 5.32 Å². The van der Waals surface area contributed by atoms with E-state index < -0.39 is 17.5 Å². The average molecular weight is 422 g/mol. The second kappa shape index (κ2) is 8.19. The van der Waals surface area contributed by atoms with E-state index in [2.05, 4.69) is 27.0 Å². The van der Waals surface area contributed by atoms with E-state index in [1.54, 1.807) is 6.07 Å². The number of carbonyl (C=O) groups is 1. The van der Waals surface area contributed by atoms with Crippen LogP contribution in [0, 0.1) is 11.6 Å². The largest absolute Gasteiger partial charge is 0.435 e. The Morgan fingerprint density at radius 3 is 2.84 bits per heavy atom. The highest BCUT2D eigenvalue weighted by Crippen LogP contribution is 2.26. The number of hydrogen-bond acceptors (Lipinski definition) is 6. The van der Waals surface area contributed by atoms with Gasteiger partial charge in [0, 0.05) is 30.6 Å². The van der Waals surface area contributed by atoms with E-state index >= 15 is 0 Å². The van der Waals surface area contributed by atoms with Crippen LogP contribution in [0.5, 0.6) is 11.6 Å². The summed E-state index contributed by atoms with van der Waals surface area (Å²) in [6.07, 6.45) is 3.13. The van der Waals surface area contributed by atoms with Gasteiger partial charge in [-0.15, -0.1) is 5.10 Å². The molecule has 3 aromatic heterocycles. The molecule has 0 saturated carbocycles. The first kappa shape index (κ1) is 20.0. The molecule has 8 nitrogen and oxygen atoms in total.